The molecule has 5 heteroatoms. The quantitative estimate of drug-likeness (QED) is 0.519. The van der Waals surface area contributed by atoms with Crippen molar-refractivity contribution in [2.45, 2.75) is 25.8 Å². The summed E-state index contributed by atoms with van der Waals surface area (Å²) < 4.78 is 0. The zero-order valence-electron chi connectivity index (χ0n) is 6.51. The molecule has 62 valence electrons. The number of carbonyl (C=O) groups is 1. The average molecular weight is 157 g/mol. The Hall–Kier alpha value is -1.28. The molecule has 0 unspecified atom stereocenters. The van der Waals surface area contributed by atoms with Gasteiger partial charge in [-0.2, -0.15) is 5.26 Å². The maximum atomic E-state index is 9.99. The molecule has 1 amide bonds. The van der Waals surface area contributed by atoms with Crippen LogP contribution >= 0.6 is 0 Å². The largest absolute Gasteiger partial charge is 0.464 e. The fraction of sp³-hybridized carbons (Fsp3) is 0.667. The summed E-state index contributed by atoms with van der Waals surface area (Å²) in [4.78, 5) is 9.99. The number of rotatable bonds is 3. The van der Waals surface area contributed by atoms with E-state index in [0.717, 1.165) is 0 Å². The highest BCUT2D eigenvalue weighted by atomic mass is 16.4. The zero-order valence-corrected chi connectivity index (χ0v) is 6.51. The molecule has 0 spiro atoms. The normalized spacial score (nSPS) is 10.3. The number of amides is 1. The highest BCUT2D eigenvalue weighted by Gasteiger charge is 2.16. The fourth-order valence-corrected chi connectivity index (χ4v) is 0.464. The van der Waals surface area contributed by atoms with Gasteiger partial charge < -0.3 is 5.11 Å². The SMILES string of the molecule is CC(C)(CC#N)NNC(=O)O. The first-order valence-electron chi connectivity index (χ1n) is 3.11. The lowest BCUT2D eigenvalue weighted by Crippen LogP contribution is -2.49. The minimum Gasteiger partial charge on any atom is -0.464 e. The molecule has 5 nitrogen and oxygen atoms in total. The van der Waals surface area contributed by atoms with Crippen LogP contribution in [0.3, 0.4) is 0 Å². The van der Waals surface area contributed by atoms with E-state index in [1.807, 2.05) is 11.5 Å². The first kappa shape index (κ1) is 9.72. The first-order valence-corrected chi connectivity index (χ1v) is 3.11. The Morgan fingerprint density at radius 1 is 1.73 bits per heavy atom. The van der Waals surface area contributed by atoms with Gasteiger partial charge in [0.25, 0.3) is 0 Å². The third kappa shape index (κ3) is 5.18. The second-order valence-corrected chi connectivity index (χ2v) is 2.77. The van der Waals surface area contributed by atoms with Crippen LogP contribution in [0.2, 0.25) is 0 Å². The summed E-state index contributed by atoms with van der Waals surface area (Å²) in [6.45, 7) is 3.46. The molecular formula is C6H11N3O2. The Bertz CT molecular complexity index is 183. The Balaban J connectivity index is 3.74. The van der Waals surface area contributed by atoms with Crippen LogP contribution in [-0.4, -0.2) is 16.7 Å². The molecule has 0 atom stereocenters. The summed E-state index contributed by atoms with van der Waals surface area (Å²) in [7, 11) is 0. The Kier molecular flexibility index (Phi) is 3.34. The van der Waals surface area contributed by atoms with E-state index < -0.39 is 11.6 Å². The molecule has 0 bridgehead atoms. The lowest BCUT2D eigenvalue weighted by molar-refractivity contribution is 0.181. The molecule has 0 aromatic carbocycles. The Morgan fingerprint density at radius 2 is 2.27 bits per heavy atom. The van der Waals surface area contributed by atoms with E-state index in [4.69, 9.17) is 10.4 Å². The van der Waals surface area contributed by atoms with Crippen molar-refractivity contribution in [2.24, 2.45) is 0 Å². The molecular weight excluding hydrogens is 146 g/mol. The minimum atomic E-state index is -1.16. The second-order valence-electron chi connectivity index (χ2n) is 2.77. The number of carboxylic acid groups (broad SMARTS) is 1. The third-order valence-corrected chi connectivity index (χ3v) is 1.03. The van der Waals surface area contributed by atoms with Gasteiger partial charge in [-0.05, 0) is 13.8 Å². The average Bonchev–Trinajstić information content (AvgIpc) is 1.84. The highest BCUT2D eigenvalue weighted by Crippen LogP contribution is 2.04. The number of hydrogen-bond donors (Lipinski definition) is 3. The molecule has 0 fully saturated rings. The van der Waals surface area contributed by atoms with Gasteiger partial charge in [0.1, 0.15) is 0 Å². The summed E-state index contributed by atoms with van der Waals surface area (Å²) >= 11 is 0. The first-order chi connectivity index (χ1) is 4.98. The molecule has 0 radical (unpaired) electrons. The van der Waals surface area contributed by atoms with E-state index in [-0.39, 0.29) is 6.42 Å². The van der Waals surface area contributed by atoms with Crippen molar-refractivity contribution in [3.05, 3.63) is 0 Å². The van der Waals surface area contributed by atoms with Crippen molar-refractivity contribution in [2.75, 3.05) is 0 Å². The lowest BCUT2D eigenvalue weighted by Gasteiger charge is -2.21. The van der Waals surface area contributed by atoms with Gasteiger partial charge in [0, 0.05) is 5.54 Å². The maximum absolute atomic E-state index is 9.99. The molecule has 0 aromatic rings. The van der Waals surface area contributed by atoms with Gasteiger partial charge in [-0.3, -0.25) is 5.43 Å². The molecule has 0 heterocycles. The van der Waals surface area contributed by atoms with E-state index in [2.05, 4.69) is 5.43 Å². The number of nitrogens with zero attached hydrogens (tertiary/aromatic N) is 1. The van der Waals surface area contributed by atoms with E-state index in [9.17, 15) is 4.79 Å². The molecule has 0 aliphatic heterocycles. The van der Waals surface area contributed by atoms with Crippen molar-refractivity contribution in [3.8, 4) is 6.07 Å². The van der Waals surface area contributed by atoms with Gasteiger partial charge in [-0.25, -0.2) is 10.2 Å². The van der Waals surface area contributed by atoms with Gasteiger partial charge in [0.05, 0.1) is 12.5 Å². The van der Waals surface area contributed by atoms with E-state index in [1.165, 1.54) is 0 Å². The molecule has 3 N–H and O–H groups in total. The zero-order chi connectivity index (χ0) is 8.91. The van der Waals surface area contributed by atoms with Crippen LogP contribution in [0, 0.1) is 11.3 Å². The third-order valence-electron chi connectivity index (χ3n) is 1.03. The van der Waals surface area contributed by atoms with Crippen LogP contribution in [0.25, 0.3) is 0 Å². The summed E-state index contributed by atoms with van der Waals surface area (Å²) in [5.41, 5.74) is 3.95. The number of hydrazine groups is 1. The summed E-state index contributed by atoms with van der Waals surface area (Å²) in [5, 5.41) is 16.5. The van der Waals surface area contributed by atoms with Gasteiger partial charge in [-0.1, -0.05) is 0 Å². The second kappa shape index (κ2) is 3.78. The molecule has 0 aromatic heterocycles. The van der Waals surface area contributed by atoms with Gasteiger partial charge in [-0.15, -0.1) is 0 Å². The van der Waals surface area contributed by atoms with E-state index >= 15 is 0 Å². The molecule has 0 saturated carbocycles. The summed E-state index contributed by atoms with van der Waals surface area (Å²) in [6.07, 6.45) is -0.913. The molecule has 11 heavy (non-hydrogen) atoms. The monoisotopic (exact) mass is 157 g/mol. The van der Waals surface area contributed by atoms with E-state index in [0.29, 0.717) is 0 Å². The number of hydrogen-bond acceptors (Lipinski definition) is 3. The number of nitriles is 1. The minimum absolute atomic E-state index is 0.243. The van der Waals surface area contributed by atoms with Crippen LogP contribution in [-0.2, 0) is 0 Å². The number of nitrogens with one attached hydrogen (secondary N) is 2. The van der Waals surface area contributed by atoms with Crippen LogP contribution in [0.15, 0.2) is 0 Å². The topological polar surface area (TPSA) is 85.2 Å². The van der Waals surface area contributed by atoms with Crippen molar-refractivity contribution >= 4 is 6.09 Å². The highest BCUT2D eigenvalue weighted by molar-refractivity contribution is 5.63. The fourth-order valence-electron chi connectivity index (χ4n) is 0.464. The van der Waals surface area contributed by atoms with Gasteiger partial charge >= 0.3 is 6.09 Å². The lowest BCUT2D eigenvalue weighted by atomic mass is 10.0. The van der Waals surface area contributed by atoms with Gasteiger partial charge in [0.15, 0.2) is 0 Å². The molecule has 0 aliphatic rings. The van der Waals surface area contributed by atoms with Crippen molar-refractivity contribution < 1.29 is 9.90 Å². The molecule has 0 rings (SSSR count). The van der Waals surface area contributed by atoms with Crippen molar-refractivity contribution in [1.82, 2.24) is 10.9 Å². The van der Waals surface area contributed by atoms with Gasteiger partial charge in [0.2, 0.25) is 0 Å². The smallest absolute Gasteiger partial charge is 0.419 e. The molecule has 0 saturated heterocycles. The van der Waals surface area contributed by atoms with Crippen molar-refractivity contribution in [1.29, 1.82) is 5.26 Å². The van der Waals surface area contributed by atoms with Crippen LogP contribution in [0.1, 0.15) is 20.3 Å². The standard InChI is InChI=1S/C6H11N3O2/c1-6(2,3-4-7)9-8-5(10)11/h8-9H,3H2,1-2H3,(H,10,11). The Labute approximate surface area is 65.0 Å². The summed E-state index contributed by atoms with van der Waals surface area (Å²) in [5.74, 6) is 0. The Morgan fingerprint density at radius 3 is 2.64 bits per heavy atom. The van der Waals surface area contributed by atoms with Crippen LogP contribution in [0.4, 0.5) is 4.79 Å². The van der Waals surface area contributed by atoms with E-state index in [1.54, 1.807) is 13.8 Å². The predicted molar refractivity (Wildman–Crippen MR) is 38.6 cm³/mol. The van der Waals surface area contributed by atoms with Crippen molar-refractivity contribution in [3.63, 3.8) is 0 Å². The summed E-state index contributed by atoms with van der Waals surface area (Å²) in [6, 6.07) is 1.94. The predicted octanol–water partition coefficient (Wildman–Crippen LogP) is 0.451. The molecule has 0 aliphatic carbocycles. The van der Waals surface area contributed by atoms with Crippen LogP contribution in [0.5, 0.6) is 0 Å². The van der Waals surface area contributed by atoms with Crippen LogP contribution < -0.4 is 10.9 Å². The maximum Gasteiger partial charge on any atom is 0.419 e.